The molecule has 0 saturated heterocycles. The van der Waals surface area contributed by atoms with Crippen LogP contribution in [0.25, 0.3) is 0 Å². The van der Waals surface area contributed by atoms with Crippen LogP contribution in [0, 0.1) is 0 Å². The van der Waals surface area contributed by atoms with Crippen LogP contribution in [0.3, 0.4) is 0 Å². The number of hydrogen-bond acceptors (Lipinski definition) is 2. The molecule has 3 heteroatoms. The molecule has 0 aromatic heterocycles. The van der Waals surface area contributed by atoms with Crippen LogP contribution in [0.2, 0.25) is 5.31 Å². The predicted octanol–water partition coefficient (Wildman–Crippen LogP) is 2.51. The van der Waals surface area contributed by atoms with Crippen LogP contribution in [0.4, 0.5) is 0 Å². The van der Waals surface area contributed by atoms with Crippen molar-refractivity contribution in [2.75, 3.05) is 0 Å². The molecular weight excluding hydrogens is 175 g/mol. The maximum Gasteiger partial charge on any atom is 0.281 e. The summed E-state index contributed by atoms with van der Waals surface area (Å²) in [6, 6.07) is 0. The first-order chi connectivity index (χ1) is 6.02. The topological polar surface area (TPSA) is 29.5 Å². The van der Waals surface area contributed by atoms with Gasteiger partial charge in [0.1, 0.15) is 0 Å². The molecule has 0 atom stereocenters. The minimum absolute atomic E-state index is 0.183. The van der Waals surface area contributed by atoms with E-state index in [4.69, 9.17) is 4.65 Å². The molecule has 0 aromatic carbocycles. The summed E-state index contributed by atoms with van der Waals surface area (Å²) in [5.74, 6) is 0. The van der Waals surface area contributed by atoms with Gasteiger partial charge in [-0.1, -0.05) is 27.2 Å². The molecule has 0 spiro atoms. The Kier molecular flexibility index (Phi) is 4.23. The number of rotatable bonds is 5. The Morgan fingerprint density at radius 1 is 1.07 bits per heavy atom. The highest BCUT2D eigenvalue weighted by Gasteiger charge is 2.37. The first kappa shape index (κ1) is 14.0. The van der Waals surface area contributed by atoms with Crippen LogP contribution in [0.15, 0.2) is 0 Å². The quantitative estimate of drug-likeness (QED) is 0.691. The summed E-state index contributed by atoms with van der Waals surface area (Å²) in [6.07, 6.45) is 1.08. The van der Waals surface area contributed by atoms with Crippen molar-refractivity contribution < 1.29 is 9.76 Å². The van der Waals surface area contributed by atoms with Gasteiger partial charge >= 0.3 is 0 Å². The van der Waals surface area contributed by atoms with E-state index in [0.717, 1.165) is 6.42 Å². The molecule has 0 aliphatic rings. The molecular formula is C11H25BO2. The largest absolute Gasteiger partial charge is 0.431 e. The molecule has 1 N–H and O–H groups in total. The van der Waals surface area contributed by atoms with Crippen LogP contribution >= 0.6 is 0 Å². The third-order valence-electron chi connectivity index (χ3n) is 3.25. The molecule has 0 heterocycles. The fourth-order valence-electron chi connectivity index (χ4n) is 0.654. The third-order valence-corrected chi connectivity index (χ3v) is 3.25. The van der Waals surface area contributed by atoms with Crippen LogP contribution in [-0.2, 0) is 4.65 Å². The molecule has 2 nitrogen and oxygen atoms in total. The van der Waals surface area contributed by atoms with E-state index in [0.29, 0.717) is 7.48 Å². The summed E-state index contributed by atoms with van der Waals surface area (Å²) >= 11 is 0. The summed E-state index contributed by atoms with van der Waals surface area (Å²) < 4.78 is 5.80. The lowest BCUT2D eigenvalue weighted by Crippen LogP contribution is -2.48. The average Bonchev–Trinajstić information content (AvgIpc) is 1.99. The van der Waals surface area contributed by atoms with E-state index in [2.05, 4.69) is 20.8 Å². The van der Waals surface area contributed by atoms with Crippen molar-refractivity contribution in [3.63, 3.8) is 0 Å². The van der Waals surface area contributed by atoms with Gasteiger partial charge in [-0.15, -0.1) is 0 Å². The first-order valence-electron chi connectivity index (χ1n) is 5.38. The van der Waals surface area contributed by atoms with E-state index >= 15 is 0 Å². The fourth-order valence-corrected chi connectivity index (χ4v) is 0.654. The molecule has 0 bridgehead atoms. The minimum Gasteiger partial charge on any atom is -0.431 e. The van der Waals surface area contributed by atoms with E-state index in [1.807, 2.05) is 13.8 Å². The minimum atomic E-state index is -0.809. The first-order valence-corrected chi connectivity index (χ1v) is 5.38. The molecule has 0 rings (SSSR count). The normalized spacial score (nSPS) is 14.3. The molecule has 84 valence electrons. The van der Waals surface area contributed by atoms with Crippen LogP contribution < -0.4 is 0 Å². The molecule has 14 heavy (non-hydrogen) atoms. The molecule has 0 fully saturated rings. The van der Waals surface area contributed by atoms with E-state index in [9.17, 15) is 5.11 Å². The van der Waals surface area contributed by atoms with Crippen molar-refractivity contribution in [1.82, 2.24) is 0 Å². The summed E-state index contributed by atoms with van der Waals surface area (Å²) in [5, 5.41) is 10.1. The monoisotopic (exact) mass is 200 g/mol. The molecule has 0 unspecified atom stereocenters. The van der Waals surface area contributed by atoms with Gasteiger partial charge < -0.3 is 9.76 Å². The van der Waals surface area contributed by atoms with Gasteiger partial charge in [0.2, 0.25) is 0 Å². The lowest BCUT2D eigenvalue weighted by Gasteiger charge is -2.39. The Morgan fingerprint density at radius 3 is 1.79 bits per heavy atom. The lowest BCUT2D eigenvalue weighted by molar-refractivity contribution is -0.0918. The summed E-state index contributed by atoms with van der Waals surface area (Å²) in [6.45, 7) is 13.9. The zero-order valence-corrected chi connectivity index (χ0v) is 10.8. The second-order valence-electron chi connectivity index (χ2n) is 5.88. The zero-order chi connectivity index (χ0) is 11.6. The van der Waals surface area contributed by atoms with Gasteiger partial charge in [-0.3, -0.25) is 0 Å². The van der Waals surface area contributed by atoms with Crippen molar-refractivity contribution >= 4 is 7.48 Å². The van der Waals surface area contributed by atoms with Crippen LogP contribution in [-0.4, -0.2) is 23.8 Å². The maximum absolute atomic E-state index is 9.89. The Morgan fingerprint density at radius 2 is 1.50 bits per heavy atom. The zero-order valence-electron chi connectivity index (χ0n) is 10.8. The van der Waals surface area contributed by atoms with Gasteiger partial charge in [-0.25, -0.2) is 0 Å². The lowest BCUT2D eigenvalue weighted by atomic mass is 9.64. The van der Waals surface area contributed by atoms with E-state index < -0.39 is 11.2 Å². The summed E-state index contributed by atoms with van der Waals surface area (Å²) in [7, 11) is 0.681. The smallest absolute Gasteiger partial charge is 0.281 e. The molecule has 0 aromatic rings. The highest BCUT2D eigenvalue weighted by molar-refractivity contribution is 6.32. The Labute approximate surface area is 89.3 Å². The van der Waals surface area contributed by atoms with Gasteiger partial charge in [0, 0.05) is 0 Å². The molecule has 0 amide bonds. The molecule has 0 radical (unpaired) electrons. The van der Waals surface area contributed by atoms with Gasteiger partial charge in [-0.05, 0) is 33.0 Å². The summed E-state index contributed by atoms with van der Waals surface area (Å²) in [4.78, 5) is 0. The predicted molar refractivity (Wildman–Crippen MR) is 62.9 cm³/mol. The van der Waals surface area contributed by atoms with Crippen LogP contribution in [0.1, 0.15) is 54.9 Å². The Hall–Kier alpha value is -0.0151. The second-order valence-corrected chi connectivity index (χ2v) is 5.88. The van der Waals surface area contributed by atoms with Gasteiger partial charge in [0.25, 0.3) is 7.48 Å². The summed E-state index contributed by atoms with van der Waals surface area (Å²) in [5.41, 5.74) is -1.31. The van der Waals surface area contributed by atoms with Gasteiger partial charge in [0.05, 0.1) is 11.2 Å². The molecule has 0 aliphatic heterocycles. The molecule has 0 saturated carbocycles. The van der Waals surface area contributed by atoms with Crippen molar-refractivity contribution in [1.29, 1.82) is 0 Å². The average molecular weight is 200 g/mol. The third kappa shape index (κ3) is 4.01. The van der Waals surface area contributed by atoms with Crippen molar-refractivity contribution in [3.8, 4) is 0 Å². The molecule has 0 aliphatic carbocycles. The van der Waals surface area contributed by atoms with Gasteiger partial charge in [0.15, 0.2) is 0 Å². The highest BCUT2D eigenvalue weighted by atomic mass is 16.5. The fraction of sp³-hybridized carbons (Fsp3) is 1.00. The number of hydrogen-bond donors (Lipinski definition) is 1. The standard InChI is InChI=1S/C11H25BO2/c1-8-9(2,3)12-14-11(6,7)10(4,5)13/h12-13H,8H2,1-7H3. The SMILES string of the molecule is CCC(C)(C)BOC(C)(C)C(C)(C)O. The van der Waals surface area contributed by atoms with Crippen molar-refractivity contribution in [3.05, 3.63) is 0 Å². The van der Waals surface area contributed by atoms with Crippen LogP contribution in [0.5, 0.6) is 0 Å². The van der Waals surface area contributed by atoms with E-state index in [-0.39, 0.29) is 5.31 Å². The Bertz CT molecular complexity index is 180. The van der Waals surface area contributed by atoms with Gasteiger partial charge in [-0.2, -0.15) is 0 Å². The van der Waals surface area contributed by atoms with Crippen molar-refractivity contribution in [2.45, 2.75) is 71.4 Å². The van der Waals surface area contributed by atoms with E-state index in [1.54, 1.807) is 13.8 Å². The Balaban J connectivity index is 4.27. The maximum atomic E-state index is 9.89. The second kappa shape index (κ2) is 4.24. The highest BCUT2D eigenvalue weighted by Crippen LogP contribution is 2.31. The van der Waals surface area contributed by atoms with E-state index in [1.165, 1.54) is 0 Å². The number of aliphatic hydroxyl groups is 1. The van der Waals surface area contributed by atoms with Crippen molar-refractivity contribution in [2.24, 2.45) is 0 Å².